The van der Waals surface area contributed by atoms with Crippen molar-refractivity contribution in [2.75, 3.05) is 12.9 Å². The summed E-state index contributed by atoms with van der Waals surface area (Å²) in [5, 5.41) is 4.76. The lowest BCUT2D eigenvalue weighted by atomic mass is 9.99. The van der Waals surface area contributed by atoms with Gasteiger partial charge in [-0.15, -0.1) is 11.8 Å². The van der Waals surface area contributed by atoms with Crippen molar-refractivity contribution in [2.24, 2.45) is 5.10 Å². The van der Waals surface area contributed by atoms with Gasteiger partial charge in [0.2, 0.25) is 5.91 Å². The minimum absolute atomic E-state index is 0.104. The van der Waals surface area contributed by atoms with Crippen LogP contribution in [0, 0.1) is 0 Å². The molecule has 5 atom stereocenters. The summed E-state index contributed by atoms with van der Waals surface area (Å²) in [7, 11) is 0. The van der Waals surface area contributed by atoms with Gasteiger partial charge >= 0.3 is 29.8 Å². The molecular weight excluding hydrogens is 520 g/mol. The summed E-state index contributed by atoms with van der Waals surface area (Å²) in [6, 6.07) is 0. The van der Waals surface area contributed by atoms with E-state index in [0.717, 1.165) is 34.6 Å². The number of carbonyl (C=O) groups excluding carboxylic acids is 6. The van der Waals surface area contributed by atoms with Crippen molar-refractivity contribution in [1.82, 2.24) is 5.01 Å². The maximum atomic E-state index is 12.2. The molecule has 1 amide bonds. The van der Waals surface area contributed by atoms with Crippen LogP contribution in [0.3, 0.4) is 0 Å². The maximum Gasteiger partial charge on any atom is 0.303 e. The third-order valence-corrected chi connectivity index (χ3v) is 6.54. The van der Waals surface area contributed by atoms with Gasteiger partial charge in [0.15, 0.2) is 22.7 Å². The van der Waals surface area contributed by atoms with Crippen molar-refractivity contribution in [3.05, 3.63) is 0 Å². The van der Waals surface area contributed by atoms with E-state index >= 15 is 0 Å². The molecule has 0 N–H and O–H groups in total. The van der Waals surface area contributed by atoms with Crippen LogP contribution >= 0.6 is 23.5 Å². The molecule has 1 aliphatic heterocycles. The first kappa shape index (κ1) is 31.2. The summed E-state index contributed by atoms with van der Waals surface area (Å²) in [6.07, 6.45) is -4.10. The predicted octanol–water partition coefficient (Wildman–Crippen LogP) is 1.22. The number of thioether (sulfide) groups is 2. The number of hydrogen-bond donors (Lipinski definition) is 0. The summed E-state index contributed by atoms with van der Waals surface area (Å²) in [6.45, 7) is 6.23. The molecule has 13 nitrogen and oxygen atoms in total. The van der Waals surface area contributed by atoms with Crippen LogP contribution in [0.2, 0.25) is 0 Å². The molecule has 1 unspecified atom stereocenters. The van der Waals surface area contributed by atoms with Crippen molar-refractivity contribution in [3.63, 3.8) is 0 Å². The number of amides is 1. The Bertz CT molecular complexity index is 895. The van der Waals surface area contributed by atoms with E-state index in [1.54, 1.807) is 6.26 Å². The Hall–Kier alpha value is -2.81. The number of rotatable bonds is 11. The number of nitrogens with zero attached hydrogens (tertiary/aromatic N) is 2. The third kappa shape index (κ3) is 10.4. The molecule has 1 aliphatic rings. The van der Waals surface area contributed by atoms with Crippen LogP contribution in [-0.2, 0) is 52.5 Å². The van der Waals surface area contributed by atoms with E-state index in [-0.39, 0.29) is 12.3 Å². The molecule has 0 fully saturated rings. The van der Waals surface area contributed by atoms with E-state index in [1.807, 2.05) is 0 Å². The van der Waals surface area contributed by atoms with Gasteiger partial charge in [-0.1, -0.05) is 11.8 Å². The summed E-state index contributed by atoms with van der Waals surface area (Å²) in [5.74, 6) is -4.32. The number of carbonyl (C=O) groups is 6. The topological polar surface area (TPSA) is 164 Å². The highest BCUT2D eigenvalue weighted by Gasteiger charge is 2.46. The van der Waals surface area contributed by atoms with Gasteiger partial charge in [0.25, 0.3) is 0 Å². The van der Waals surface area contributed by atoms with Crippen molar-refractivity contribution < 1.29 is 52.5 Å². The molecule has 0 aliphatic carbocycles. The zero-order chi connectivity index (χ0) is 27.6. The Labute approximate surface area is 216 Å². The minimum Gasteiger partial charge on any atom is -0.462 e. The van der Waals surface area contributed by atoms with Gasteiger partial charge in [0.1, 0.15) is 18.1 Å². The highest BCUT2D eigenvalue weighted by molar-refractivity contribution is 8.39. The van der Waals surface area contributed by atoms with E-state index < -0.39 is 66.2 Å². The van der Waals surface area contributed by atoms with Crippen molar-refractivity contribution in [1.29, 1.82) is 0 Å². The monoisotopic (exact) mass is 550 g/mol. The van der Waals surface area contributed by atoms with Gasteiger partial charge < -0.3 is 23.7 Å². The molecule has 0 aromatic carbocycles. The molecule has 15 heteroatoms. The second kappa shape index (κ2) is 14.7. The van der Waals surface area contributed by atoms with Crippen LogP contribution in [0.15, 0.2) is 5.10 Å². The van der Waals surface area contributed by atoms with Gasteiger partial charge in [0, 0.05) is 48.0 Å². The lowest BCUT2D eigenvalue weighted by molar-refractivity contribution is -0.203. The molecule has 1 heterocycles. The molecule has 0 saturated carbocycles. The van der Waals surface area contributed by atoms with Crippen LogP contribution in [0.25, 0.3) is 0 Å². The van der Waals surface area contributed by atoms with Crippen molar-refractivity contribution in [3.8, 4) is 0 Å². The van der Waals surface area contributed by atoms with Crippen LogP contribution < -0.4 is 0 Å². The summed E-state index contributed by atoms with van der Waals surface area (Å²) < 4.78 is 27.0. The fraction of sp³-hybridized carbons (Fsp3) is 0.667. The quantitative estimate of drug-likeness (QED) is 0.267. The Morgan fingerprint density at radius 1 is 0.806 bits per heavy atom. The van der Waals surface area contributed by atoms with E-state index in [2.05, 4.69) is 5.10 Å². The third-order valence-electron chi connectivity index (χ3n) is 4.38. The van der Waals surface area contributed by atoms with Crippen molar-refractivity contribution in [2.45, 2.75) is 77.8 Å². The minimum atomic E-state index is -1.54. The smallest absolute Gasteiger partial charge is 0.303 e. The highest BCUT2D eigenvalue weighted by atomic mass is 32.2. The van der Waals surface area contributed by atoms with Gasteiger partial charge in [-0.25, -0.2) is 5.01 Å². The molecule has 0 saturated heterocycles. The van der Waals surface area contributed by atoms with Crippen LogP contribution in [0.5, 0.6) is 0 Å². The number of hydrogen-bond acceptors (Lipinski definition) is 14. The standard InChI is InChI=1S/C21H30N2O11S2/c1-10(24)23-18(36-21(22-23)35-7)8-16(31-12(3)26)19(33-14(5)28)20(34-15(6)29)17(32-13(4)27)9-30-11(2)25/h16-20H,8-9H2,1-7H3/t16-,17-,18?,19-,20-/m1/s1. The van der Waals surface area contributed by atoms with Crippen LogP contribution in [0.4, 0.5) is 0 Å². The average molecular weight is 551 g/mol. The van der Waals surface area contributed by atoms with Gasteiger partial charge in [-0.3, -0.25) is 28.8 Å². The van der Waals surface area contributed by atoms with Gasteiger partial charge in [-0.05, 0) is 6.26 Å². The molecule has 0 radical (unpaired) electrons. The molecule has 1 rings (SSSR count). The van der Waals surface area contributed by atoms with Crippen molar-refractivity contribution >= 4 is 63.7 Å². The lowest BCUT2D eigenvalue weighted by Crippen LogP contribution is -2.54. The molecule has 202 valence electrons. The normalized spacial score (nSPS) is 18.1. The molecule has 36 heavy (non-hydrogen) atoms. The van der Waals surface area contributed by atoms with Crippen LogP contribution in [0.1, 0.15) is 48.0 Å². The SMILES string of the molecule is CSC1=NN(C(C)=O)C(C[C@@H](OC(C)=O)[C@@H](OC(C)=O)[C@H](OC(C)=O)[C@@H](COC(C)=O)OC(C)=O)S1. The zero-order valence-electron chi connectivity index (χ0n) is 21.0. The fourth-order valence-corrected chi connectivity index (χ4v) is 5.05. The second-order valence-corrected chi connectivity index (χ2v) is 9.71. The first-order valence-corrected chi connectivity index (χ1v) is 12.8. The first-order chi connectivity index (χ1) is 16.7. The number of esters is 5. The highest BCUT2D eigenvalue weighted by Crippen LogP contribution is 2.35. The van der Waals surface area contributed by atoms with Gasteiger partial charge in [0.05, 0.1) is 0 Å². The van der Waals surface area contributed by atoms with E-state index in [0.29, 0.717) is 4.38 Å². The van der Waals surface area contributed by atoms with E-state index in [1.165, 1.54) is 35.5 Å². The average Bonchev–Trinajstić information content (AvgIpc) is 3.15. The second-order valence-electron chi connectivity index (χ2n) is 7.49. The Morgan fingerprint density at radius 2 is 1.28 bits per heavy atom. The molecule has 0 bridgehead atoms. The largest absolute Gasteiger partial charge is 0.462 e. The fourth-order valence-electron chi connectivity index (χ4n) is 3.21. The first-order valence-electron chi connectivity index (χ1n) is 10.7. The van der Waals surface area contributed by atoms with E-state index in [9.17, 15) is 28.8 Å². The molecule has 0 spiro atoms. The number of hydrazone groups is 1. The lowest BCUT2D eigenvalue weighted by Gasteiger charge is -2.36. The molecule has 0 aromatic rings. The Morgan fingerprint density at radius 3 is 1.69 bits per heavy atom. The van der Waals surface area contributed by atoms with E-state index in [4.69, 9.17) is 23.7 Å². The van der Waals surface area contributed by atoms with Crippen LogP contribution in [-0.4, -0.2) is 87.8 Å². The molecule has 0 aromatic heterocycles. The zero-order valence-corrected chi connectivity index (χ0v) is 22.6. The Balaban J connectivity index is 3.51. The molecular formula is C21H30N2O11S2. The van der Waals surface area contributed by atoms with Gasteiger partial charge in [-0.2, -0.15) is 5.10 Å². The maximum absolute atomic E-state index is 12.2. The summed E-state index contributed by atoms with van der Waals surface area (Å²) in [5.41, 5.74) is 0. The summed E-state index contributed by atoms with van der Waals surface area (Å²) in [4.78, 5) is 71.4. The predicted molar refractivity (Wildman–Crippen MR) is 128 cm³/mol. The number of ether oxygens (including phenoxy) is 5. The Kier molecular flexibility index (Phi) is 12.7. The summed E-state index contributed by atoms with van der Waals surface area (Å²) >= 11 is 2.53.